The summed E-state index contributed by atoms with van der Waals surface area (Å²) in [4.78, 5) is 37.6. The Kier molecular flexibility index (Phi) is 12.8. The average molecular weight is 898 g/mol. The molecule has 2 atom stereocenters. The van der Waals surface area contributed by atoms with Crippen LogP contribution in [0.1, 0.15) is 34.2 Å². The van der Waals surface area contributed by atoms with Crippen molar-refractivity contribution in [3.05, 3.63) is 105 Å². The summed E-state index contributed by atoms with van der Waals surface area (Å²) in [5, 5.41) is 12.0. The van der Waals surface area contributed by atoms with Crippen molar-refractivity contribution >= 4 is 56.3 Å². The summed E-state index contributed by atoms with van der Waals surface area (Å²) in [5.41, 5.74) is 5.50. The maximum absolute atomic E-state index is 13.2. The average Bonchev–Trinajstić information content (AvgIpc) is 3.66. The number of rotatable bonds is 9. The minimum Gasteiger partial charge on any atom is -0.496 e. The number of ether oxygens (including phenoxy) is 5. The lowest BCUT2D eigenvalue weighted by Gasteiger charge is -2.35. The van der Waals surface area contributed by atoms with Crippen LogP contribution < -0.4 is 23.7 Å². The first-order valence-corrected chi connectivity index (χ1v) is 21.7. The number of halogens is 2. The molecule has 1 saturated heterocycles. The molecule has 0 unspecified atom stereocenters. The van der Waals surface area contributed by atoms with Gasteiger partial charge in [0.15, 0.2) is 11.6 Å². The Balaban J connectivity index is 1.23. The highest BCUT2D eigenvalue weighted by atomic mass is 35.5. The second kappa shape index (κ2) is 18.5. The second-order valence-electron chi connectivity index (χ2n) is 15.5. The molecule has 62 heavy (non-hydrogen) atoms. The Labute approximate surface area is 373 Å². The van der Waals surface area contributed by atoms with Gasteiger partial charge in [-0.1, -0.05) is 41.9 Å². The molecule has 3 aliphatic rings. The molecule has 0 radical (unpaired) electrons. The number of hydrogen-bond acceptors (Lipinski definition) is 13. The number of piperazine rings is 1. The number of likely N-dealkylation sites (N-methyl/N-ethyl adjacent to an activating group) is 1. The van der Waals surface area contributed by atoms with Crippen molar-refractivity contribution in [2.24, 2.45) is 0 Å². The second-order valence-corrected chi connectivity index (χ2v) is 17.2. The molecule has 1 N–H and O–H groups in total. The number of para-hydroxylation sites is 1. The quantitative estimate of drug-likeness (QED) is 0.148. The number of methoxy groups -OCH3 is 1. The van der Waals surface area contributed by atoms with Crippen molar-refractivity contribution in [1.29, 1.82) is 0 Å². The van der Waals surface area contributed by atoms with Gasteiger partial charge in [0.1, 0.15) is 47.7 Å². The number of hydrogen-bond donors (Lipinski definition) is 1. The number of carboxylic acid groups (broad SMARTS) is 1. The number of carboxylic acids is 1. The molecule has 3 aromatic heterocycles. The van der Waals surface area contributed by atoms with Crippen LogP contribution in [0.4, 0.5) is 0 Å². The smallest absolute Gasteiger partial charge is 0.345 e. The molecule has 6 aromatic rings. The monoisotopic (exact) mass is 896 g/mol. The summed E-state index contributed by atoms with van der Waals surface area (Å²) < 4.78 is 31.7. The lowest BCUT2D eigenvalue weighted by Crippen LogP contribution is -2.49. The van der Waals surface area contributed by atoms with Gasteiger partial charge in [-0.05, 0) is 86.5 Å². The van der Waals surface area contributed by atoms with E-state index in [0.29, 0.717) is 83.6 Å². The first-order chi connectivity index (χ1) is 29.9. The molecule has 9 rings (SSSR count). The molecule has 0 saturated carbocycles. The Hall–Kier alpha value is -5.51. The zero-order valence-electron chi connectivity index (χ0n) is 35.0. The van der Waals surface area contributed by atoms with E-state index in [1.54, 1.807) is 37.6 Å². The fourth-order valence-electron chi connectivity index (χ4n) is 7.80. The van der Waals surface area contributed by atoms with E-state index >= 15 is 0 Å². The molecule has 0 amide bonds. The number of carbonyl (C=O) groups is 1. The molecular formula is C46H46Cl2N6O7S. The summed E-state index contributed by atoms with van der Waals surface area (Å²) in [5.74, 6) is 1.26. The minimum absolute atomic E-state index is 0.0589. The molecule has 0 spiro atoms. The van der Waals surface area contributed by atoms with Crippen molar-refractivity contribution in [1.82, 2.24) is 29.7 Å². The van der Waals surface area contributed by atoms with E-state index in [1.807, 2.05) is 45.0 Å². The predicted octanol–water partition coefficient (Wildman–Crippen LogP) is 8.82. The SMILES string of the molecule is C=C(C)c1sc2ncnc3c2c1-c1c(C)c(Cl)c(c(Cl)c1C)O[C@H](CN1CCN(C)CC1)COc1ccc(OCc2ccnc(-c4ccccc4OC)n2)c(c1)C[C@H](C(=O)O)O3. The maximum atomic E-state index is 13.2. The Morgan fingerprint density at radius 1 is 0.984 bits per heavy atom. The summed E-state index contributed by atoms with van der Waals surface area (Å²) in [6, 6.07) is 14.6. The first kappa shape index (κ1) is 43.2. The van der Waals surface area contributed by atoms with E-state index in [0.717, 1.165) is 47.8 Å². The van der Waals surface area contributed by atoms with E-state index in [1.165, 1.54) is 17.7 Å². The standard InChI is InChI=1S/C46H46Cl2N6O7S/c1-25(2)42-37-36-26(3)39(47)41(40(48)27(36)4)60-31(21-54-17-15-53(5)16-18-54)23-58-30-11-12-33(59-22-29-13-14-49-43(52-29)32-9-7-8-10-34(32)57-6)28(19-30)20-35(46(55)56)61-44-38(37)45(62-42)51-24-50-44/h7-14,19,24,31,35H,1,15-18,20-23H2,2-6H3,(H,55,56)/t31-,35-/m1/s1. The van der Waals surface area contributed by atoms with Gasteiger partial charge in [-0.2, -0.15) is 0 Å². The number of aromatic nitrogens is 4. The molecule has 16 heteroatoms. The molecule has 6 heterocycles. The highest BCUT2D eigenvalue weighted by Crippen LogP contribution is 2.51. The number of fused-ring (bicyclic) bond motifs is 7. The van der Waals surface area contributed by atoms with Crippen molar-refractivity contribution in [2.75, 3.05) is 53.5 Å². The molecule has 4 bridgehead atoms. The van der Waals surface area contributed by atoms with E-state index in [4.69, 9.17) is 51.9 Å². The van der Waals surface area contributed by atoms with Gasteiger partial charge in [-0.15, -0.1) is 11.3 Å². The van der Waals surface area contributed by atoms with Gasteiger partial charge in [0.2, 0.25) is 12.0 Å². The number of allylic oxidation sites excluding steroid dienone is 1. The van der Waals surface area contributed by atoms with Crippen LogP contribution in [0.25, 0.3) is 38.3 Å². The Morgan fingerprint density at radius 2 is 1.74 bits per heavy atom. The van der Waals surface area contributed by atoms with Crippen molar-refractivity contribution in [2.45, 2.75) is 46.0 Å². The van der Waals surface area contributed by atoms with Gasteiger partial charge in [0.25, 0.3) is 0 Å². The third-order valence-electron chi connectivity index (χ3n) is 11.1. The highest BCUT2D eigenvalue weighted by Gasteiger charge is 2.32. The Bertz CT molecular complexity index is 2640. The normalized spacial score (nSPS) is 17.1. The van der Waals surface area contributed by atoms with Crippen LogP contribution in [0.5, 0.6) is 28.9 Å². The maximum Gasteiger partial charge on any atom is 0.345 e. The lowest BCUT2D eigenvalue weighted by molar-refractivity contribution is -0.145. The van der Waals surface area contributed by atoms with E-state index in [9.17, 15) is 9.90 Å². The summed E-state index contributed by atoms with van der Waals surface area (Å²) in [6.07, 6.45) is 1.01. The van der Waals surface area contributed by atoms with Gasteiger partial charge < -0.3 is 33.7 Å². The fraction of sp³-hybridized carbons (Fsp3) is 0.326. The predicted molar refractivity (Wildman–Crippen MR) is 241 cm³/mol. The minimum atomic E-state index is -1.41. The number of aliphatic carboxylic acids is 1. The third kappa shape index (κ3) is 8.88. The van der Waals surface area contributed by atoms with Crippen molar-refractivity contribution in [3.8, 4) is 51.4 Å². The molecule has 322 valence electrons. The van der Waals surface area contributed by atoms with Crippen LogP contribution >= 0.6 is 34.5 Å². The molecule has 0 aliphatic carbocycles. The molecule has 3 aromatic carbocycles. The number of benzene rings is 3. The van der Waals surface area contributed by atoms with Crippen LogP contribution in [0.2, 0.25) is 10.0 Å². The van der Waals surface area contributed by atoms with Crippen LogP contribution in [-0.4, -0.2) is 107 Å². The fourth-order valence-corrected chi connectivity index (χ4v) is 9.38. The van der Waals surface area contributed by atoms with Gasteiger partial charge in [0, 0.05) is 61.3 Å². The van der Waals surface area contributed by atoms with Crippen LogP contribution in [0.15, 0.2) is 67.6 Å². The highest BCUT2D eigenvalue weighted by molar-refractivity contribution is 7.20. The van der Waals surface area contributed by atoms with Gasteiger partial charge in [-0.25, -0.2) is 24.7 Å². The molecule has 13 nitrogen and oxygen atoms in total. The largest absolute Gasteiger partial charge is 0.496 e. The van der Waals surface area contributed by atoms with E-state index < -0.39 is 18.2 Å². The molecule has 1 fully saturated rings. The van der Waals surface area contributed by atoms with Crippen molar-refractivity contribution < 1.29 is 33.6 Å². The Morgan fingerprint density at radius 3 is 2.47 bits per heavy atom. The van der Waals surface area contributed by atoms with Gasteiger partial charge in [0.05, 0.1) is 33.8 Å². The zero-order valence-corrected chi connectivity index (χ0v) is 37.4. The summed E-state index contributed by atoms with van der Waals surface area (Å²) in [7, 11) is 3.71. The topological polar surface area (TPSA) is 141 Å². The van der Waals surface area contributed by atoms with Crippen molar-refractivity contribution in [3.63, 3.8) is 0 Å². The summed E-state index contributed by atoms with van der Waals surface area (Å²) in [6.45, 7) is 14.3. The van der Waals surface area contributed by atoms with Gasteiger partial charge >= 0.3 is 5.97 Å². The zero-order chi connectivity index (χ0) is 43.7. The molecule has 3 aliphatic heterocycles. The first-order valence-electron chi connectivity index (χ1n) is 20.1. The molecular weight excluding hydrogens is 852 g/mol. The van der Waals surface area contributed by atoms with Gasteiger partial charge in [-0.3, -0.25) is 4.90 Å². The van der Waals surface area contributed by atoms with Crippen LogP contribution in [0.3, 0.4) is 0 Å². The van der Waals surface area contributed by atoms with Crippen LogP contribution in [-0.2, 0) is 17.8 Å². The number of thiophene rings is 1. The lowest BCUT2D eigenvalue weighted by atomic mass is 9.92. The number of nitrogens with zero attached hydrogens (tertiary/aromatic N) is 6. The third-order valence-corrected chi connectivity index (χ3v) is 13.2. The van der Waals surface area contributed by atoms with Crippen LogP contribution in [0, 0.1) is 13.8 Å². The van der Waals surface area contributed by atoms with E-state index in [-0.39, 0.29) is 25.5 Å². The summed E-state index contributed by atoms with van der Waals surface area (Å²) >= 11 is 15.9. The van der Waals surface area contributed by atoms with E-state index in [2.05, 4.69) is 38.4 Å².